The van der Waals surface area contributed by atoms with Crippen molar-refractivity contribution >= 4 is 38.3 Å². The predicted molar refractivity (Wildman–Crippen MR) is 111 cm³/mol. The Kier molecular flexibility index (Phi) is 4.87. The average molecular weight is 440 g/mol. The fraction of sp³-hybridized carbons (Fsp3) is 0.0500. The molecule has 2 aromatic carbocycles. The zero-order chi connectivity index (χ0) is 18.8. The number of halogens is 1. The van der Waals surface area contributed by atoms with Gasteiger partial charge >= 0.3 is 0 Å². The highest BCUT2D eigenvalue weighted by Crippen LogP contribution is 2.20. The number of benzene rings is 2. The second-order valence-corrected chi connectivity index (χ2v) is 7.65. The van der Waals surface area contributed by atoms with Crippen molar-refractivity contribution in [3.63, 3.8) is 0 Å². The van der Waals surface area contributed by atoms with Crippen LogP contribution in [0.25, 0.3) is 22.4 Å². The van der Waals surface area contributed by atoms with Crippen LogP contribution in [0, 0.1) is 0 Å². The molecule has 2 heterocycles. The van der Waals surface area contributed by atoms with Gasteiger partial charge < -0.3 is 4.74 Å². The van der Waals surface area contributed by atoms with Gasteiger partial charge in [0.05, 0.1) is 4.53 Å². The van der Waals surface area contributed by atoms with Crippen molar-refractivity contribution in [2.75, 3.05) is 6.61 Å². The van der Waals surface area contributed by atoms with Gasteiger partial charge in [-0.2, -0.15) is 9.50 Å². The summed E-state index contributed by atoms with van der Waals surface area (Å²) in [6.45, 7) is 4.08. The van der Waals surface area contributed by atoms with E-state index in [4.69, 9.17) is 4.74 Å². The van der Waals surface area contributed by atoms with Crippen molar-refractivity contribution in [1.29, 1.82) is 0 Å². The lowest BCUT2D eigenvalue weighted by molar-refractivity contribution is 0.363. The summed E-state index contributed by atoms with van der Waals surface area (Å²) in [7, 11) is 0. The van der Waals surface area contributed by atoms with Crippen LogP contribution in [0.1, 0.15) is 5.56 Å². The van der Waals surface area contributed by atoms with Gasteiger partial charge in [0.2, 0.25) is 4.96 Å². The fourth-order valence-corrected chi connectivity index (χ4v) is 3.88. The van der Waals surface area contributed by atoms with Gasteiger partial charge in [0.15, 0.2) is 5.82 Å². The van der Waals surface area contributed by atoms with Gasteiger partial charge in [0.1, 0.15) is 12.4 Å². The molecular formula is C20H14BrN3O2S. The molecule has 2 aromatic heterocycles. The van der Waals surface area contributed by atoms with Crippen molar-refractivity contribution in [3.05, 3.63) is 86.1 Å². The van der Waals surface area contributed by atoms with Gasteiger partial charge in [-0.05, 0) is 48.0 Å². The van der Waals surface area contributed by atoms with Crippen LogP contribution < -0.4 is 14.8 Å². The summed E-state index contributed by atoms with van der Waals surface area (Å²) in [5, 5.41) is 4.37. The van der Waals surface area contributed by atoms with Crippen LogP contribution in [0.3, 0.4) is 0 Å². The third-order valence-electron chi connectivity index (χ3n) is 3.81. The normalized spacial score (nSPS) is 11.8. The molecule has 0 unspecified atom stereocenters. The summed E-state index contributed by atoms with van der Waals surface area (Å²) in [6, 6.07) is 15.2. The first-order chi connectivity index (χ1) is 13.1. The van der Waals surface area contributed by atoms with E-state index in [1.807, 2.05) is 54.6 Å². The standard InChI is InChI=1S/C20H14BrN3O2S/c1-2-10-26-16-8-6-14(7-9-16)18-22-20-24(23-18)19(25)17(27-20)12-13-4-3-5-15(21)11-13/h2-9,11-12H,1,10H2. The zero-order valence-electron chi connectivity index (χ0n) is 14.1. The summed E-state index contributed by atoms with van der Waals surface area (Å²) in [6.07, 6.45) is 3.54. The molecule has 0 spiro atoms. The third-order valence-corrected chi connectivity index (χ3v) is 5.26. The molecule has 0 N–H and O–H groups in total. The van der Waals surface area contributed by atoms with Gasteiger partial charge in [-0.1, -0.05) is 52.1 Å². The first-order valence-electron chi connectivity index (χ1n) is 8.15. The Morgan fingerprint density at radius 1 is 1.22 bits per heavy atom. The van der Waals surface area contributed by atoms with Crippen LogP contribution in [-0.2, 0) is 0 Å². The minimum atomic E-state index is -0.167. The summed E-state index contributed by atoms with van der Waals surface area (Å²) >= 11 is 4.76. The SMILES string of the molecule is C=CCOc1ccc(-c2nc3sc(=Cc4cccc(Br)c4)c(=O)n3n2)cc1. The van der Waals surface area contributed by atoms with E-state index >= 15 is 0 Å². The van der Waals surface area contributed by atoms with Gasteiger partial charge in [-0.15, -0.1) is 5.10 Å². The Morgan fingerprint density at radius 3 is 2.74 bits per heavy atom. The molecule has 0 aliphatic heterocycles. The number of thiazole rings is 1. The van der Waals surface area contributed by atoms with Crippen LogP contribution in [0.5, 0.6) is 5.75 Å². The number of hydrogen-bond donors (Lipinski definition) is 0. The molecule has 0 aliphatic carbocycles. The van der Waals surface area contributed by atoms with E-state index in [1.165, 1.54) is 15.9 Å². The van der Waals surface area contributed by atoms with Crippen LogP contribution in [0.15, 0.2) is 70.5 Å². The smallest absolute Gasteiger partial charge is 0.291 e. The van der Waals surface area contributed by atoms with Crippen LogP contribution >= 0.6 is 27.3 Å². The minimum Gasteiger partial charge on any atom is -0.490 e. The molecular weight excluding hydrogens is 426 g/mol. The Hall–Kier alpha value is -2.77. The molecule has 134 valence electrons. The zero-order valence-corrected chi connectivity index (χ0v) is 16.5. The number of rotatable bonds is 5. The highest BCUT2D eigenvalue weighted by atomic mass is 79.9. The molecule has 5 nitrogen and oxygen atoms in total. The van der Waals surface area contributed by atoms with E-state index in [0.717, 1.165) is 21.3 Å². The topological polar surface area (TPSA) is 56.5 Å². The number of aromatic nitrogens is 3. The van der Waals surface area contributed by atoms with Crippen LogP contribution in [-0.4, -0.2) is 21.2 Å². The van der Waals surface area contributed by atoms with E-state index in [-0.39, 0.29) is 5.56 Å². The van der Waals surface area contributed by atoms with Gasteiger partial charge in [-0.3, -0.25) is 4.79 Å². The van der Waals surface area contributed by atoms with Crippen molar-refractivity contribution in [2.24, 2.45) is 0 Å². The maximum Gasteiger partial charge on any atom is 0.291 e. The molecule has 0 saturated heterocycles. The largest absolute Gasteiger partial charge is 0.490 e. The number of hydrogen-bond acceptors (Lipinski definition) is 5. The first kappa shape index (κ1) is 17.6. The second-order valence-electron chi connectivity index (χ2n) is 5.72. The molecule has 0 radical (unpaired) electrons. The highest BCUT2D eigenvalue weighted by Gasteiger charge is 2.12. The van der Waals surface area contributed by atoms with Crippen LogP contribution in [0.2, 0.25) is 0 Å². The van der Waals surface area contributed by atoms with Gasteiger partial charge in [0.25, 0.3) is 5.56 Å². The lowest BCUT2D eigenvalue weighted by atomic mass is 10.2. The molecule has 7 heteroatoms. The fourth-order valence-electron chi connectivity index (χ4n) is 2.56. The lowest BCUT2D eigenvalue weighted by Gasteiger charge is -2.02. The Morgan fingerprint density at radius 2 is 2.04 bits per heavy atom. The maximum absolute atomic E-state index is 12.6. The summed E-state index contributed by atoms with van der Waals surface area (Å²) in [5.41, 5.74) is 1.61. The van der Waals surface area contributed by atoms with E-state index in [1.54, 1.807) is 6.08 Å². The van der Waals surface area contributed by atoms with Crippen molar-refractivity contribution < 1.29 is 4.74 Å². The maximum atomic E-state index is 12.6. The molecule has 4 rings (SSSR count). The summed E-state index contributed by atoms with van der Waals surface area (Å²) in [5.74, 6) is 1.26. The molecule has 4 aromatic rings. The molecule has 0 fully saturated rings. The van der Waals surface area contributed by atoms with E-state index < -0.39 is 0 Å². The first-order valence-corrected chi connectivity index (χ1v) is 9.76. The van der Waals surface area contributed by atoms with E-state index in [2.05, 4.69) is 32.6 Å². The number of ether oxygens (including phenoxy) is 1. The van der Waals surface area contributed by atoms with E-state index in [0.29, 0.717) is 21.9 Å². The van der Waals surface area contributed by atoms with Gasteiger partial charge in [-0.25, -0.2) is 0 Å². The Balaban J connectivity index is 1.68. The minimum absolute atomic E-state index is 0.167. The van der Waals surface area contributed by atoms with Crippen molar-refractivity contribution in [3.8, 4) is 17.1 Å². The second kappa shape index (κ2) is 7.46. The van der Waals surface area contributed by atoms with Gasteiger partial charge in [0, 0.05) is 10.0 Å². The third kappa shape index (κ3) is 3.70. The summed E-state index contributed by atoms with van der Waals surface area (Å²) < 4.78 is 8.39. The Bertz CT molecular complexity index is 1230. The predicted octanol–water partition coefficient (Wildman–Crippen LogP) is 3.69. The highest BCUT2D eigenvalue weighted by molar-refractivity contribution is 9.10. The van der Waals surface area contributed by atoms with Crippen molar-refractivity contribution in [1.82, 2.24) is 14.6 Å². The molecule has 0 aliphatic rings. The van der Waals surface area contributed by atoms with Crippen molar-refractivity contribution in [2.45, 2.75) is 0 Å². The monoisotopic (exact) mass is 439 g/mol. The molecule has 0 bridgehead atoms. The summed E-state index contributed by atoms with van der Waals surface area (Å²) in [4.78, 5) is 17.7. The number of fused-ring (bicyclic) bond motifs is 1. The van der Waals surface area contributed by atoms with E-state index in [9.17, 15) is 4.79 Å². The number of nitrogens with zero attached hydrogens (tertiary/aromatic N) is 3. The Labute approximate surface area is 167 Å². The molecule has 27 heavy (non-hydrogen) atoms. The average Bonchev–Trinajstić information content (AvgIpc) is 3.20. The molecule has 0 atom stereocenters. The van der Waals surface area contributed by atoms with Crippen LogP contribution in [0.4, 0.5) is 0 Å². The molecule has 0 amide bonds. The quantitative estimate of drug-likeness (QED) is 0.445. The lowest BCUT2D eigenvalue weighted by Crippen LogP contribution is -2.23. The molecule has 0 saturated carbocycles.